The first kappa shape index (κ1) is 21.6. The molecule has 0 fully saturated rings. The molecule has 0 aromatic rings. The molecule has 5 nitrogen and oxygen atoms in total. The van der Waals surface area contributed by atoms with E-state index in [0.717, 1.165) is 13.2 Å². The van der Waals surface area contributed by atoms with Gasteiger partial charge in [-0.15, -0.1) is 0 Å². The number of aliphatic carboxylic acids is 1. The van der Waals surface area contributed by atoms with Crippen LogP contribution in [0.2, 0.25) is 0 Å². The van der Waals surface area contributed by atoms with Gasteiger partial charge in [0.1, 0.15) is 0 Å². The minimum absolute atomic E-state index is 0.0370. The van der Waals surface area contributed by atoms with Gasteiger partial charge in [0.05, 0.1) is 6.54 Å². The quantitative estimate of drug-likeness (QED) is 0.707. The third kappa shape index (κ3) is 39.2. The smallest absolute Gasteiger partial charge is 0.317 e. The molecule has 0 aromatic heterocycles. The summed E-state index contributed by atoms with van der Waals surface area (Å²) in [6.45, 7) is 11.3. The molecule has 17 heavy (non-hydrogen) atoms. The number of carboxylic acid groups (broad SMARTS) is 1. The van der Waals surface area contributed by atoms with Gasteiger partial charge >= 0.3 is 5.97 Å². The summed E-state index contributed by atoms with van der Waals surface area (Å²) in [5.74, 6) is -0.968. The van der Waals surface area contributed by atoms with Gasteiger partial charge in [-0.25, -0.2) is 0 Å². The van der Waals surface area contributed by atoms with Gasteiger partial charge < -0.3 is 20.3 Å². The molecule has 0 aliphatic carbocycles. The second kappa shape index (κ2) is 20.7. The molecule has 106 valence electrons. The maximum absolute atomic E-state index is 9.24. The molecule has 0 spiro atoms. The number of nitrogens with two attached hydrogens (primary N) is 1. The molecule has 0 unspecified atom stereocenters. The molecule has 0 radical (unpaired) electrons. The Bertz CT molecular complexity index is 134. The molecule has 0 rings (SSSR count). The van der Waals surface area contributed by atoms with Crippen LogP contribution in [0.4, 0.5) is 0 Å². The number of carboxylic acids is 1. The standard InChI is InChI=1S/C6H14O2.C4H10.C2H5NO2/c1-4-7-6(3)8-5-2;1-3-4-2;3-1-2(4)5/h6H,4-5H2,1-3H3;3-4H2,1-2H3;1,3H2,(H,4,5). The number of carbonyl (C=O) groups is 1. The van der Waals surface area contributed by atoms with Gasteiger partial charge in [0.15, 0.2) is 6.29 Å². The molecule has 0 heterocycles. The van der Waals surface area contributed by atoms with Crippen molar-refractivity contribution in [1.29, 1.82) is 0 Å². The van der Waals surface area contributed by atoms with Gasteiger partial charge in [0.2, 0.25) is 0 Å². The Morgan fingerprint density at radius 2 is 1.41 bits per heavy atom. The Morgan fingerprint density at radius 1 is 1.12 bits per heavy atom. The van der Waals surface area contributed by atoms with E-state index >= 15 is 0 Å². The first-order valence-electron chi connectivity index (χ1n) is 6.14. The van der Waals surface area contributed by atoms with Crippen LogP contribution in [-0.4, -0.2) is 37.1 Å². The third-order valence-corrected chi connectivity index (χ3v) is 1.48. The van der Waals surface area contributed by atoms with Gasteiger partial charge in [-0.2, -0.15) is 0 Å². The summed E-state index contributed by atoms with van der Waals surface area (Å²) in [5.41, 5.74) is 4.57. The van der Waals surface area contributed by atoms with Crippen LogP contribution in [0, 0.1) is 0 Å². The first-order valence-corrected chi connectivity index (χ1v) is 6.14. The van der Waals surface area contributed by atoms with Crippen molar-refractivity contribution in [2.75, 3.05) is 19.8 Å². The van der Waals surface area contributed by atoms with Crippen molar-refractivity contribution in [3.63, 3.8) is 0 Å². The van der Waals surface area contributed by atoms with E-state index in [4.69, 9.17) is 14.6 Å². The second-order valence-corrected chi connectivity index (χ2v) is 3.08. The molecule has 5 heteroatoms. The van der Waals surface area contributed by atoms with E-state index in [0.29, 0.717) is 0 Å². The summed E-state index contributed by atoms with van der Waals surface area (Å²) in [6.07, 6.45) is 2.60. The van der Waals surface area contributed by atoms with Crippen LogP contribution in [0.3, 0.4) is 0 Å². The Morgan fingerprint density at radius 3 is 1.53 bits per heavy atom. The molecular weight excluding hydrogens is 222 g/mol. The summed E-state index contributed by atoms with van der Waals surface area (Å²) in [7, 11) is 0. The molecule has 0 aliphatic rings. The predicted molar refractivity (Wildman–Crippen MR) is 70.0 cm³/mol. The zero-order chi connectivity index (χ0) is 14.1. The highest BCUT2D eigenvalue weighted by Crippen LogP contribution is 1.90. The summed E-state index contributed by atoms with van der Waals surface area (Å²) in [5, 5.41) is 7.60. The second-order valence-electron chi connectivity index (χ2n) is 3.08. The lowest BCUT2D eigenvalue weighted by atomic mass is 10.4. The van der Waals surface area contributed by atoms with Crippen molar-refractivity contribution in [2.24, 2.45) is 5.73 Å². The minimum atomic E-state index is -0.968. The summed E-state index contributed by atoms with van der Waals surface area (Å²) in [6, 6.07) is 0. The fraction of sp³-hybridized carbons (Fsp3) is 0.917. The van der Waals surface area contributed by atoms with E-state index in [2.05, 4.69) is 19.6 Å². The maximum Gasteiger partial charge on any atom is 0.317 e. The number of hydrogen-bond donors (Lipinski definition) is 2. The van der Waals surface area contributed by atoms with Crippen molar-refractivity contribution in [3.05, 3.63) is 0 Å². The van der Waals surface area contributed by atoms with Crippen molar-refractivity contribution < 1.29 is 19.4 Å². The molecule has 0 aliphatic heterocycles. The number of ether oxygens (including phenoxy) is 2. The van der Waals surface area contributed by atoms with Gasteiger partial charge in [-0.3, -0.25) is 4.79 Å². The van der Waals surface area contributed by atoms with E-state index in [9.17, 15) is 4.79 Å². The van der Waals surface area contributed by atoms with Gasteiger partial charge in [-0.1, -0.05) is 26.7 Å². The fourth-order valence-corrected chi connectivity index (χ4v) is 0.518. The van der Waals surface area contributed by atoms with E-state index in [-0.39, 0.29) is 12.8 Å². The predicted octanol–water partition coefficient (Wildman–Crippen LogP) is 2.24. The lowest BCUT2D eigenvalue weighted by molar-refractivity contribution is -0.135. The van der Waals surface area contributed by atoms with Crippen molar-refractivity contribution >= 4 is 5.97 Å². The van der Waals surface area contributed by atoms with Crippen molar-refractivity contribution in [3.8, 4) is 0 Å². The molecule has 0 amide bonds. The molecule has 0 aromatic carbocycles. The Balaban J connectivity index is -0.000000188. The molecular formula is C12H29NO4. The summed E-state index contributed by atoms with van der Waals surface area (Å²) < 4.78 is 10.1. The van der Waals surface area contributed by atoms with E-state index in [1.165, 1.54) is 12.8 Å². The molecule has 3 N–H and O–H groups in total. The van der Waals surface area contributed by atoms with Gasteiger partial charge in [0.25, 0.3) is 0 Å². The monoisotopic (exact) mass is 251 g/mol. The normalized spacial score (nSPS) is 8.88. The van der Waals surface area contributed by atoms with E-state index < -0.39 is 5.97 Å². The van der Waals surface area contributed by atoms with Crippen LogP contribution in [0.1, 0.15) is 47.5 Å². The SMILES string of the molecule is CCCC.CCOC(C)OCC.NCC(=O)O. The highest BCUT2D eigenvalue weighted by Gasteiger charge is 1.94. The topological polar surface area (TPSA) is 81.8 Å². The van der Waals surface area contributed by atoms with Crippen LogP contribution in [0.5, 0.6) is 0 Å². The Kier molecular flexibility index (Phi) is 26.4. The zero-order valence-electron chi connectivity index (χ0n) is 11.9. The lowest BCUT2D eigenvalue weighted by Gasteiger charge is -2.09. The summed E-state index contributed by atoms with van der Waals surface area (Å²) in [4.78, 5) is 9.24. The molecule has 0 bridgehead atoms. The fourth-order valence-electron chi connectivity index (χ4n) is 0.518. The highest BCUT2D eigenvalue weighted by molar-refractivity contribution is 5.68. The molecule has 0 saturated heterocycles. The number of rotatable bonds is 6. The lowest BCUT2D eigenvalue weighted by Crippen LogP contribution is -2.11. The van der Waals surface area contributed by atoms with Gasteiger partial charge in [0, 0.05) is 13.2 Å². The van der Waals surface area contributed by atoms with E-state index in [1.54, 1.807) is 0 Å². The average molecular weight is 251 g/mol. The van der Waals surface area contributed by atoms with Crippen LogP contribution in [0.25, 0.3) is 0 Å². The van der Waals surface area contributed by atoms with Crippen LogP contribution in [-0.2, 0) is 14.3 Å². The third-order valence-electron chi connectivity index (χ3n) is 1.48. The van der Waals surface area contributed by atoms with Crippen molar-refractivity contribution in [1.82, 2.24) is 0 Å². The van der Waals surface area contributed by atoms with Crippen LogP contribution in [0.15, 0.2) is 0 Å². The van der Waals surface area contributed by atoms with Gasteiger partial charge in [-0.05, 0) is 20.8 Å². The zero-order valence-corrected chi connectivity index (χ0v) is 11.9. The number of unbranched alkanes of at least 4 members (excludes halogenated alkanes) is 1. The largest absolute Gasteiger partial charge is 0.480 e. The molecule has 0 saturated carbocycles. The van der Waals surface area contributed by atoms with Crippen LogP contribution >= 0.6 is 0 Å². The number of hydrogen-bond acceptors (Lipinski definition) is 4. The Hall–Kier alpha value is -0.650. The summed E-state index contributed by atoms with van der Waals surface area (Å²) >= 11 is 0. The first-order chi connectivity index (χ1) is 7.99. The maximum atomic E-state index is 9.24. The average Bonchev–Trinajstić information content (AvgIpc) is 2.31. The van der Waals surface area contributed by atoms with Crippen LogP contribution < -0.4 is 5.73 Å². The van der Waals surface area contributed by atoms with E-state index in [1.807, 2.05) is 20.8 Å². The molecule has 0 atom stereocenters. The minimum Gasteiger partial charge on any atom is -0.480 e. The highest BCUT2D eigenvalue weighted by atomic mass is 16.7. The Labute approximate surface area is 105 Å². The van der Waals surface area contributed by atoms with Crippen molar-refractivity contribution in [2.45, 2.75) is 53.8 Å².